The van der Waals surface area contributed by atoms with E-state index >= 15 is 0 Å². The van der Waals surface area contributed by atoms with Crippen molar-refractivity contribution in [1.82, 2.24) is 0 Å². The van der Waals surface area contributed by atoms with Gasteiger partial charge in [-0.15, -0.1) is 0 Å². The third-order valence-electron chi connectivity index (χ3n) is 4.25. The van der Waals surface area contributed by atoms with E-state index < -0.39 is 24.0 Å². The van der Waals surface area contributed by atoms with Crippen molar-refractivity contribution >= 4 is 17.9 Å². The lowest BCUT2D eigenvalue weighted by atomic mass is 10.0. The average molecular weight is 382 g/mol. The molecular formula is C23H26O5. The van der Waals surface area contributed by atoms with Gasteiger partial charge in [-0.2, -0.15) is 0 Å². The van der Waals surface area contributed by atoms with Crippen LogP contribution in [0.1, 0.15) is 67.1 Å². The SMILES string of the molecule is CCCCC(=O)OC(=O)C(OC(=O)c1ccccc1CCC)c1ccccc1. The first kappa shape index (κ1) is 21.4. The lowest BCUT2D eigenvalue weighted by Gasteiger charge is -2.17. The van der Waals surface area contributed by atoms with Gasteiger partial charge in [-0.1, -0.05) is 75.2 Å². The highest BCUT2D eigenvalue weighted by Gasteiger charge is 2.29. The Kier molecular flexibility index (Phi) is 8.40. The van der Waals surface area contributed by atoms with E-state index in [4.69, 9.17) is 9.47 Å². The number of rotatable bonds is 9. The van der Waals surface area contributed by atoms with Crippen LogP contribution in [0.25, 0.3) is 0 Å². The molecule has 5 heteroatoms. The number of ether oxygens (including phenoxy) is 2. The van der Waals surface area contributed by atoms with E-state index in [0.717, 1.165) is 24.8 Å². The van der Waals surface area contributed by atoms with Gasteiger partial charge in [0.05, 0.1) is 5.56 Å². The molecule has 0 N–H and O–H groups in total. The summed E-state index contributed by atoms with van der Waals surface area (Å²) in [6.45, 7) is 3.96. The van der Waals surface area contributed by atoms with Gasteiger partial charge in [0.15, 0.2) is 0 Å². The maximum Gasteiger partial charge on any atom is 0.359 e. The van der Waals surface area contributed by atoms with E-state index in [0.29, 0.717) is 17.5 Å². The molecule has 0 spiro atoms. The molecule has 0 aliphatic rings. The average Bonchev–Trinajstić information content (AvgIpc) is 2.71. The van der Waals surface area contributed by atoms with Crippen LogP contribution in [0.4, 0.5) is 0 Å². The van der Waals surface area contributed by atoms with Gasteiger partial charge in [0.1, 0.15) is 0 Å². The molecule has 1 atom stereocenters. The predicted molar refractivity (Wildman–Crippen MR) is 106 cm³/mol. The monoisotopic (exact) mass is 382 g/mol. The summed E-state index contributed by atoms with van der Waals surface area (Å²) in [4.78, 5) is 37.2. The highest BCUT2D eigenvalue weighted by molar-refractivity contribution is 5.94. The van der Waals surface area contributed by atoms with Gasteiger partial charge < -0.3 is 9.47 Å². The molecule has 0 bridgehead atoms. The smallest absolute Gasteiger partial charge is 0.359 e. The first-order chi connectivity index (χ1) is 13.6. The summed E-state index contributed by atoms with van der Waals surface area (Å²) in [5.41, 5.74) is 1.72. The number of hydrogen-bond donors (Lipinski definition) is 0. The summed E-state index contributed by atoms with van der Waals surface area (Å²) in [6, 6.07) is 15.7. The molecule has 0 aromatic heterocycles. The summed E-state index contributed by atoms with van der Waals surface area (Å²) < 4.78 is 10.4. The van der Waals surface area contributed by atoms with Gasteiger partial charge in [-0.25, -0.2) is 9.59 Å². The van der Waals surface area contributed by atoms with E-state index in [9.17, 15) is 14.4 Å². The number of carbonyl (C=O) groups is 3. The lowest BCUT2D eigenvalue weighted by molar-refractivity contribution is -0.166. The highest BCUT2D eigenvalue weighted by atomic mass is 16.6. The number of unbranched alkanes of at least 4 members (excludes halogenated alkanes) is 1. The summed E-state index contributed by atoms with van der Waals surface area (Å²) in [7, 11) is 0. The Labute approximate surface area is 165 Å². The number of hydrogen-bond acceptors (Lipinski definition) is 5. The minimum absolute atomic E-state index is 0.150. The molecule has 148 valence electrons. The zero-order valence-corrected chi connectivity index (χ0v) is 16.4. The Morgan fingerprint density at radius 3 is 2.25 bits per heavy atom. The van der Waals surface area contributed by atoms with Crippen LogP contribution in [-0.2, 0) is 25.5 Å². The second-order valence-electron chi connectivity index (χ2n) is 6.50. The summed E-state index contributed by atoms with van der Waals surface area (Å²) in [5.74, 6) is -2.11. The van der Waals surface area contributed by atoms with Crippen LogP contribution in [0.3, 0.4) is 0 Å². The van der Waals surface area contributed by atoms with Gasteiger partial charge in [0.2, 0.25) is 6.10 Å². The minimum Gasteiger partial charge on any atom is -0.442 e. The normalized spacial score (nSPS) is 11.5. The molecule has 0 aliphatic carbocycles. The molecule has 0 fully saturated rings. The highest BCUT2D eigenvalue weighted by Crippen LogP contribution is 2.23. The van der Waals surface area contributed by atoms with Crippen molar-refractivity contribution in [3.05, 3.63) is 71.3 Å². The van der Waals surface area contributed by atoms with E-state index in [1.807, 2.05) is 26.0 Å². The van der Waals surface area contributed by atoms with Gasteiger partial charge in [0.25, 0.3) is 0 Å². The molecule has 0 heterocycles. The number of benzene rings is 2. The van der Waals surface area contributed by atoms with Crippen LogP contribution >= 0.6 is 0 Å². The van der Waals surface area contributed by atoms with E-state index in [2.05, 4.69) is 0 Å². The molecule has 28 heavy (non-hydrogen) atoms. The third kappa shape index (κ3) is 6.05. The predicted octanol–water partition coefficient (Wildman–Crippen LogP) is 4.80. The molecule has 0 aliphatic heterocycles. The second kappa shape index (κ2) is 11.0. The van der Waals surface area contributed by atoms with E-state index in [1.165, 1.54) is 0 Å². The molecule has 0 saturated carbocycles. The number of esters is 3. The summed E-state index contributed by atoms with van der Waals surface area (Å²) in [6.07, 6.45) is 1.90. The van der Waals surface area contributed by atoms with E-state index in [1.54, 1.807) is 42.5 Å². The summed E-state index contributed by atoms with van der Waals surface area (Å²) >= 11 is 0. The molecular weight excluding hydrogens is 356 g/mol. The molecule has 2 aromatic rings. The molecule has 5 nitrogen and oxygen atoms in total. The van der Waals surface area contributed by atoms with Crippen molar-refractivity contribution in [1.29, 1.82) is 0 Å². The van der Waals surface area contributed by atoms with Crippen molar-refractivity contribution in [2.24, 2.45) is 0 Å². The van der Waals surface area contributed by atoms with E-state index in [-0.39, 0.29) is 6.42 Å². The lowest BCUT2D eigenvalue weighted by Crippen LogP contribution is -2.25. The Bertz CT molecular complexity index is 798. The van der Waals surface area contributed by atoms with Crippen LogP contribution in [0, 0.1) is 0 Å². The van der Waals surface area contributed by atoms with Crippen LogP contribution in [-0.4, -0.2) is 17.9 Å². The zero-order valence-electron chi connectivity index (χ0n) is 16.4. The van der Waals surface area contributed by atoms with Gasteiger partial charge in [-0.3, -0.25) is 4.79 Å². The van der Waals surface area contributed by atoms with Crippen molar-refractivity contribution in [3.63, 3.8) is 0 Å². The summed E-state index contributed by atoms with van der Waals surface area (Å²) in [5, 5.41) is 0. The Balaban J connectivity index is 2.22. The van der Waals surface area contributed by atoms with Crippen molar-refractivity contribution in [3.8, 4) is 0 Å². The molecule has 0 radical (unpaired) electrons. The van der Waals surface area contributed by atoms with Crippen molar-refractivity contribution in [2.75, 3.05) is 0 Å². The molecule has 2 rings (SSSR count). The quantitative estimate of drug-likeness (QED) is 0.460. The zero-order chi connectivity index (χ0) is 20.4. The van der Waals surface area contributed by atoms with Gasteiger partial charge >= 0.3 is 17.9 Å². The molecule has 0 amide bonds. The standard InChI is InChI=1S/C23H26O5/c1-3-5-16-20(24)27-23(26)21(18-13-7-6-8-14-18)28-22(25)19-15-10-9-12-17(19)11-4-2/h6-10,12-15,21H,3-5,11,16H2,1-2H3. The van der Waals surface area contributed by atoms with Crippen LogP contribution in [0.5, 0.6) is 0 Å². The number of aryl methyl sites for hydroxylation is 1. The van der Waals surface area contributed by atoms with Crippen LogP contribution in [0.2, 0.25) is 0 Å². The number of carbonyl (C=O) groups excluding carboxylic acids is 3. The van der Waals surface area contributed by atoms with Gasteiger partial charge in [-0.05, 0) is 24.5 Å². The first-order valence-corrected chi connectivity index (χ1v) is 9.65. The maximum absolute atomic E-state index is 12.8. The first-order valence-electron chi connectivity index (χ1n) is 9.65. The van der Waals surface area contributed by atoms with Crippen molar-refractivity contribution < 1.29 is 23.9 Å². The van der Waals surface area contributed by atoms with Crippen molar-refractivity contribution in [2.45, 2.75) is 52.1 Å². The largest absolute Gasteiger partial charge is 0.442 e. The minimum atomic E-state index is -1.30. The molecule has 1 unspecified atom stereocenters. The topological polar surface area (TPSA) is 69.7 Å². The van der Waals surface area contributed by atoms with Gasteiger partial charge in [0, 0.05) is 12.0 Å². The molecule has 0 saturated heterocycles. The fraction of sp³-hybridized carbons (Fsp3) is 0.348. The Morgan fingerprint density at radius 2 is 1.57 bits per heavy atom. The third-order valence-corrected chi connectivity index (χ3v) is 4.25. The molecule has 2 aromatic carbocycles. The fourth-order valence-electron chi connectivity index (χ4n) is 2.80. The maximum atomic E-state index is 12.8. The second-order valence-corrected chi connectivity index (χ2v) is 6.50. The Morgan fingerprint density at radius 1 is 0.893 bits per heavy atom. The Hall–Kier alpha value is -2.95. The fourth-order valence-corrected chi connectivity index (χ4v) is 2.80. The van der Waals surface area contributed by atoms with Crippen LogP contribution in [0.15, 0.2) is 54.6 Å². The van der Waals surface area contributed by atoms with Crippen LogP contribution < -0.4 is 0 Å².